The molecule has 2 aromatic carbocycles. The number of rotatable bonds is 3. The monoisotopic (exact) mass is 313 g/mol. The van der Waals surface area contributed by atoms with Crippen molar-refractivity contribution < 1.29 is 9.53 Å². The summed E-state index contributed by atoms with van der Waals surface area (Å²) in [4.78, 5) is 26.6. The highest BCUT2D eigenvalue weighted by atomic mass is 35.5. The highest BCUT2D eigenvalue weighted by Crippen LogP contribution is 2.19. The van der Waals surface area contributed by atoms with Crippen LogP contribution in [0.3, 0.4) is 0 Å². The molecule has 1 heterocycles. The van der Waals surface area contributed by atoms with Crippen molar-refractivity contribution in [2.45, 2.75) is 6.61 Å². The Morgan fingerprint density at radius 2 is 1.82 bits per heavy atom. The van der Waals surface area contributed by atoms with Crippen LogP contribution in [-0.4, -0.2) is 11.0 Å². The molecule has 0 saturated heterocycles. The molecule has 0 aliphatic carbocycles. The van der Waals surface area contributed by atoms with E-state index in [1.165, 1.54) is 6.07 Å². The molecule has 0 amide bonds. The Morgan fingerprint density at radius 3 is 2.64 bits per heavy atom. The van der Waals surface area contributed by atoms with E-state index < -0.39 is 5.97 Å². The van der Waals surface area contributed by atoms with Gasteiger partial charge < -0.3 is 9.72 Å². The predicted molar refractivity (Wildman–Crippen MR) is 85.1 cm³/mol. The van der Waals surface area contributed by atoms with E-state index in [2.05, 4.69) is 4.98 Å². The summed E-state index contributed by atoms with van der Waals surface area (Å²) in [6.07, 6.45) is 0. The van der Waals surface area contributed by atoms with E-state index in [1.54, 1.807) is 42.5 Å². The summed E-state index contributed by atoms with van der Waals surface area (Å²) < 4.78 is 5.28. The van der Waals surface area contributed by atoms with Crippen LogP contribution in [0.15, 0.2) is 59.4 Å². The zero-order valence-electron chi connectivity index (χ0n) is 11.5. The minimum atomic E-state index is -0.554. The van der Waals surface area contributed by atoms with Gasteiger partial charge in [-0.1, -0.05) is 48.0 Å². The van der Waals surface area contributed by atoms with Crippen LogP contribution in [0.1, 0.15) is 15.9 Å². The lowest BCUT2D eigenvalue weighted by molar-refractivity contribution is 0.0475. The zero-order chi connectivity index (χ0) is 15.5. The number of carbonyl (C=O) groups excluding carboxylic acids is 1. The van der Waals surface area contributed by atoms with Crippen LogP contribution < -0.4 is 5.56 Å². The summed E-state index contributed by atoms with van der Waals surface area (Å²) in [5, 5.41) is 1.18. The number of fused-ring (bicyclic) bond motifs is 1. The van der Waals surface area contributed by atoms with Gasteiger partial charge in [-0.25, -0.2) is 4.79 Å². The molecule has 0 atom stereocenters. The van der Waals surface area contributed by atoms with E-state index in [9.17, 15) is 9.59 Å². The molecule has 4 nitrogen and oxygen atoms in total. The molecule has 110 valence electrons. The van der Waals surface area contributed by atoms with Gasteiger partial charge in [0.1, 0.15) is 6.61 Å². The standard InChI is InChI=1S/C17H12ClNO3/c18-14-7-3-1-5-11(14)10-22-17(21)13-9-16(20)19-15-8-4-2-6-12(13)15/h1-9H,10H2,(H,19,20). The molecule has 5 heteroatoms. The van der Waals surface area contributed by atoms with E-state index in [1.807, 2.05) is 6.07 Å². The maximum absolute atomic E-state index is 12.3. The second-order valence-electron chi connectivity index (χ2n) is 4.76. The van der Waals surface area contributed by atoms with Gasteiger partial charge in [-0.3, -0.25) is 4.79 Å². The number of carbonyl (C=O) groups is 1. The van der Waals surface area contributed by atoms with Crippen LogP contribution in [0.4, 0.5) is 0 Å². The van der Waals surface area contributed by atoms with Gasteiger partial charge in [0.2, 0.25) is 5.56 Å². The van der Waals surface area contributed by atoms with Gasteiger partial charge in [0.25, 0.3) is 0 Å². The first-order valence-electron chi connectivity index (χ1n) is 6.68. The van der Waals surface area contributed by atoms with Gasteiger partial charge in [0, 0.05) is 27.6 Å². The van der Waals surface area contributed by atoms with Crippen LogP contribution in [0, 0.1) is 0 Å². The predicted octanol–water partition coefficient (Wildman–Crippen LogP) is 3.54. The van der Waals surface area contributed by atoms with E-state index in [0.717, 1.165) is 0 Å². The number of ether oxygens (including phenoxy) is 1. The largest absolute Gasteiger partial charge is 0.457 e. The molecule has 0 aliphatic rings. The Labute approximate surface area is 131 Å². The first-order valence-corrected chi connectivity index (χ1v) is 7.05. The molecule has 1 N–H and O–H groups in total. The number of hydrogen-bond acceptors (Lipinski definition) is 3. The summed E-state index contributed by atoms with van der Waals surface area (Å²) in [7, 11) is 0. The zero-order valence-corrected chi connectivity index (χ0v) is 12.3. The number of pyridine rings is 1. The first-order chi connectivity index (χ1) is 10.6. The third kappa shape index (κ3) is 2.87. The molecule has 0 aliphatic heterocycles. The maximum Gasteiger partial charge on any atom is 0.339 e. The molecule has 3 rings (SSSR count). The Hall–Kier alpha value is -2.59. The maximum atomic E-state index is 12.3. The lowest BCUT2D eigenvalue weighted by atomic mass is 10.1. The first kappa shape index (κ1) is 14.4. The Balaban J connectivity index is 1.90. The summed E-state index contributed by atoms with van der Waals surface area (Å²) in [6, 6.07) is 15.5. The van der Waals surface area contributed by atoms with Crippen molar-refractivity contribution in [2.75, 3.05) is 0 Å². The van der Waals surface area contributed by atoms with E-state index in [4.69, 9.17) is 16.3 Å². The third-order valence-electron chi connectivity index (χ3n) is 3.29. The van der Waals surface area contributed by atoms with E-state index >= 15 is 0 Å². The van der Waals surface area contributed by atoms with Crippen molar-refractivity contribution in [2.24, 2.45) is 0 Å². The van der Waals surface area contributed by atoms with Crippen molar-refractivity contribution in [1.82, 2.24) is 4.98 Å². The molecular formula is C17H12ClNO3. The lowest BCUT2D eigenvalue weighted by Gasteiger charge is -2.08. The molecule has 0 bridgehead atoms. The molecule has 0 spiro atoms. The Morgan fingerprint density at radius 1 is 1.09 bits per heavy atom. The summed E-state index contributed by atoms with van der Waals surface area (Å²) in [5.74, 6) is -0.554. The smallest absolute Gasteiger partial charge is 0.339 e. The number of halogens is 1. The van der Waals surface area contributed by atoms with Crippen molar-refractivity contribution in [1.29, 1.82) is 0 Å². The lowest BCUT2D eigenvalue weighted by Crippen LogP contribution is -2.13. The topological polar surface area (TPSA) is 59.2 Å². The van der Waals surface area contributed by atoms with Crippen LogP contribution >= 0.6 is 11.6 Å². The molecule has 3 aromatic rings. The molecule has 0 radical (unpaired) electrons. The SMILES string of the molecule is O=C(OCc1ccccc1Cl)c1cc(=O)[nH]c2ccccc12. The molecule has 22 heavy (non-hydrogen) atoms. The number of hydrogen-bond donors (Lipinski definition) is 1. The van der Waals surface area contributed by atoms with Crippen molar-refractivity contribution in [3.8, 4) is 0 Å². The fraction of sp³-hybridized carbons (Fsp3) is 0.0588. The molecule has 1 aromatic heterocycles. The second kappa shape index (κ2) is 6.03. The number of aromatic nitrogens is 1. The van der Waals surface area contributed by atoms with Gasteiger partial charge in [-0.05, 0) is 12.1 Å². The van der Waals surface area contributed by atoms with Gasteiger partial charge in [-0.2, -0.15) is 0 Å². The normalized spacial score (nSPS) is 10.6. The van der Waals surface area contributed by atoms with E-state index in [-0.39, 0.29) is 17.7 Å². The second-order valence-corrected chi connectivity index (χ2v) is 5.17. The number of para-hydroxylation sites is 1. The average Bonchev–Trinajstić information content (AvgIpc) is 2.53. The number of H-pyrrole nitrogens is 1. The van der Waals surface area contributed by atoms with E-state index in [0.29, 0.717) is 21.5 Å². The van der Waals surface area contributed by atoms with Crippen LogP contribution in [0.2, 0.25) is 5.02 Å². The van der Waals surface area contributed by atoms with Crippen LogP contribution in [0.5, 0.6) is 0 Å². The molecule has 0 unspecified atom stereocenters. The van der Waals surface area contributed by atoms with Crippen LogP contribution in [-0.2, 0) is 11.3 Å². The number of aromatic amines is 1. The minimum absolute atomic E-state index is 0.0552. The van der Waals surface area contributed by atoms with Crippen molar-refractivity contribution in [3.05, 3.63) is 81.1 Å². The van der Waals surface area contributed by atoms with Crippen molar-refractivity contribution >= 4 is 28.5 Å². The van der Waals surface area contributed by atoms with Crippen LogP contribution in [0.25, 0.3) is 10.9 Å². The highest BCUT2D eigenvalue weighted by Gasteiger charge is 2.13. The third-order valence-corrected chi connectivity index (χ3v) is 3.66. The number of esters is 1. The number of benzene rings is 2. The quantitative estimate of drug-likeness (QED) is 0.752. The Bertz CT molecular complexity index is 902. The highest BCUT2D eigenvalue weighted by molar-refractivity contribution is 6.31. The van der Waals surface area contributed by atoms with Crippen molar-refractivity contribution in [3.63, 3.8) is 0 Å². The summed E-state index contributed by atoms with van der Waals surface area (Å²) in [5.41, 5.74) is 1.21. The fourth-order valence-corrected chi connectivity index (χ4v) is 2.40. The van der Waals surface area contributed by atoms with Gasteiger partial charge in [-0.15, -0.1) is 0 Å². The molecule has 0 saturated carbocycles. The van der Waals surface area contributed by atoms with Gasteiger partial charge in [0.05, 0.1) is 5.56 Å². The molecule has 0 fully saturated rings. The summed E-state index contributed by atoms with van der Waals surface area (Å²) >= 11 is 6.03. The fourth-order valence-electron chi connectivity index (χ4n) is 2.21. The van der Waals surface area contributed by atoms with Gasteiger partial charge >= 0.3 is 5.97 Å². The molecular weight excluding hydrogens is 302 g/mol. The number of nitrogens with one attached hydrogen (secondary N) is 1. The summed E-state index contributed by atoms with van der Waals surface area (Å²) in [6.45, 7) is 0.0552. The minimum Gasteiger partial charge on any atom is -0.457 e. The Kier molecular flexibility index (Phi) is 3.94. The van der Waals surface area contributed by atoms with Gasteiger partial charge in [0.15, 0.2) is 0 Å². The average molecular weight is 314 g/mol.